The Balaban J connectivity index is 1.67. The fourth-order valence-electron chi connectivity index (χ4n) is 3.87. The van der Waals surface area contributed by atoms with Gasteiger partial charge in [0, 0.05) is 37.9 Å². The molecule has 0 bridgehead atoms. The van der Waals surface area contributed by atoms with Crippen molar-refractivity contribution in [1.82, 2.24) is 14.3 Å². The average molecular weight is 368 g/mol. The maximum absolute atomic E-state index is 12.3. The second kappa shape index (κ2) is 6.46. The van der Waals surface area contributed by atoms with E-state index < -0.39 is 10.0 Å². The number of hydrogen-bond donors (Lipinski definition) is 0. The number of fused-ring (bicyclic) bond motifs is 2. The molecule has 1 spiro atoms. The molecule has 1 aromatic rings. The van der Waals surface area contributed by atoms with Crippen LogP contribution in [0.25, 0.3) is 0 Å². The van der Waals surface area contributed by atoms with Gasteiger partial charge in [0.05, 0.1) is 43.3 Å². The van der Waals surface area contributed by atoms with Crippen LogP contribution >= 0.6 is 0 Å². The summed E-state index contributed by atoms with van der Waals surface area (Å²) in [7, 11) is -3.20. The molecule has 1 aromatic heterocycles. The predicted octanol–water partition coefficient (Wildman–Crippen LogP) is 0.137. The molecule has 0 aliphatic carbocycles. The Morgan fingerprint density at radius 1 is 1.24 bits per heavy atom. The molecule has 1 atom stereocenters. The van der Waals surface area contributed by atoms with E-state index in [-0.39, 0.29) is 11.2 Å². The van der Waals surface area contributed by atoms with E-state index >= 15 is 0 Å². The van der Waals surface area contributed by atoms with Crippen LogP contribution in [-0.2, 0) is 31.5 Å². The number of sulfonamides is 1. The van der Waals surface area contributed by atoms with E-state index in [1.807, 2.05) is 6.20 Å². The minimum atomic E-state index is -3.20. The predicted molar refractivity (Wildman–Crippen MR) is 92.0 cm³/mol. The van der Waals surface area contributed by atoms with Crippen molar-refractivity contribution in [3.63, 3.8) is 0 Å². The number of ether oxygens (including phenoxy) is 2. The standard InChI is InChI=1S/C16H24N4O4S/c1-2-25(21,22)20-4-3-16(11-20)12-24-10-13-9-17-15(18-14(13)16)19-5-7-23-8-6-19/h9H,2-8,10-12H2,1H3. The Labute approximate surface area is 148 Å². The number of morpholine rings is 1. The highest BCUT2D eigenvalue weighted by molar-refractivity contribution is 7.89. The van der Waals surface area contributed by atoms with Gasteiger partial charge >= 0.3 is 0 Å². The van der Waals surface area contributed by atoms with E-state index in [1.165, 1.54) is 0 Å². The molecule has 8 nitrogen and oxygen atoms in total. The van der Waals surface area contributed by atoms with Crippen molar-refractivity contribution in [2.24, 2.45) is 0 Å². The average Bonchev–Trinajstić information content (AvgIpc) is 3.08. The lowest BCUT2D eigenvalue weighted by atomic mass is 9.81. The third-order valence-corrected chi connectivity index (χ3v) is 7.19. The van der Waals surface area contributed by atoms with Crippen molar-refractivity contribution >= 4 is 16.0 Å². The summed E-state index contributed by atoms with van der Waals surface area (Å²) in [6.07, 6.45) is 2.57. The molecule has 2 fully saturated rings. The fraction of sp³-hybridized carbons (Fsp3) is 0.750. The molecule has 0 aromatic carbocycles. The first-order chi connectivity index (χ1) is 12.0. The Hall–Kier alpha value is -1.29. The zero-order valence-electron chi connectivity index (χ0n) is 14.5. The fourth-order valence-corrected chi connectivity index (χ4v) is 5.05. The summed E-state index contributed by atoms with van der Waals surface area (Å²) in [5.74, 6) is 0.833. The monoisotopic (exact) mass is 368 g/mol. The number of nitrogens with zero attached hydrogens (tertiary/aromatic N) is 4. The van der Waals surface area contributed by atoms with Crippen LogP contribution in [0.1, 0.15) is 24.6 Å². The van der Waals surface area contributed by atoms with Crippen LogP contribution in [-0.4, -0.2) is 74.4 Å². The molecule has 4 rings (SSSR count). The molecule has 0 saturated carbocycles. The lowest BCUT2D eigenvalue weighted by Crippen LogP contribution is -2.43. The zero-order valence-corrected chi connectivity index (χ0v) is 15.3. The Morgan fingerprint density at radius 3 is 2.80 bits per heavy atom. The van der Waals surface area contributed by atoms with Gasteiger partial charge in [-0.25, -0.2) is 22.7 Å². The first-order valence-electron chi connectivity index (χ1n) is 8.79. The second-order valence-corrected chi connectivity index (χ2v) is 9.16. The van der Waals surface area contributed by atoms with Crippen LogP contribution in [0.5, 0.6) is 0 Å². The van der Waals surface area contributed by atoms with Gasteiger partial charge in [-0.15, -0.1) is 0 Å². The summed E-state index contributed by atoms with van der Waals surface area (Å²) < 4.78 is 37.3. The van der Waals surface area contributed by atoms with Gasteiger partial charge in [0.25, 0.3) is 0 Å². The van der Waals surface area contributed by atoms with Crippen molar-refractivity contribution in [2.75, 3.05) is 56.7 Å². The third kappa shape index (κ3) is 3.03. The van der Waals surface area contributed by atoms with E-state index in [0.717, 1.165) is 30.8 Å². The summed E-state index contributed by atoms with van der Waals surface area (Å²) in [6, 6.07) is 0. The summed E-state index contributed by atoms with van der Waals surface area (Å²) in [5, 5.41) is 0. The van der Waals surface area contributed by atoms with Gasteiger partial charge in [-0.2, -0.15) is 0 Å². The SMILES string of the molecule is CCS(=O)(=O)N1CCC2(COCc3cnc(N4CCOCC4)nc32)C1. The van der Waals surface area contributed by atoms with Crippen molar-refractivity contribution < 1.29 is 17.9 Å². The maximum atomic E-state index is 12.3. The summed E-state index contributed by atoms with van der Waals surface area (Å²) in [5.41, 5.74) is 1.57. The highest BCUT2D eigenvalue weighted by atomic mass is 32.2. The number of rotatable bonds is 3. The van der Waals surface area contributed by atoms with Crippen LogP contribution in [0.3, 0.4) is 0 Å². The normalized spacial score (nSPS) is 27.6. The van der Waals surface area contributed by atoms with Crippen molar-refractivity contribution in [1.29, 1.82) is 0 Å². The minimum Gasteiger partial charge on any atom is -0.378 e. The smallest absolute Gasteiger partial charge is 0.225 e. The van der Waals surface area contributed by atoms with Gasteiger partial charge in [0.1, 0.15) is 0 Å². The quantitative estimate of drug-likeness (QED) is 0.750. The second-order valence-electron chi connectivity index (χ2n) is 6.90. The molecule has 0 amide bonds. The molecular formula is C16H24N4O4S. The Bertz CT molecular complexity index is 751. The third-order valence-electron chi connectivity index (χ3n) is 5.36. The number of aromatic nitrogens is 2. The van der Waals surface area contributed by atoms with Crippen molar-refractivity contribution in [2.45, 2.75) is 25.4 Å². The minimum absolute atomic E-state index is 0.125. The van der Waals surface area contributed by atoms with Crippen LogP contribution in [0.4, 0.5) is 5.95 Å². The summed E-state index contributed by atoms with van der Waals surface area (Å²) in [4.78, 5) is 11.5. The van der Waals surface area contributed by atoms with E-state index in [0.29, 0.717) is 45.5 Å². The van der Waals surface area contributed by atoms with Crippen LogP contribution in [0.15, 0.2) is 6.20 Å². The van der Waals surface area contributed by atoms with Gasteiger partial charge in [-0.05, 0) is 13.3 Å². The highest BCUT2D eigenvalue weighted by Gasteiger charge is 2.47. The molecule has 4 heterocycles. The van der Waals surface area contributed by atoms with Crippen LogP contribution in [0, 0.1) is 0 Å². The molecule has 3 aliphatic heterocycles. The molecule has 0 radical (unpaired) electrons. The van der Waals surface area contributed by atoms with Gasteiger partial charge in [-0.3, -0.25) is 0 Å². The van der Waals surface area contributed by atoms with Gasteiger partial charge in [0.2, 0.25) is 16.0 Å². The molecule has 3 aliphatic rings. The van der Waals surface area contributed by atoms with Crippen LogP contribution in [0.2, 0.25) is 0 Å². The number of hydrogen-bond acceptors (Lipinski definition) is 7. The van der Waals surface area contributed by atoms with E-state index in [2.05, 4.69) is 9.88 Å². The van der Waals surface area contributed by atoms with Gasteiger partial charge in [-0.1, -0.05) is 0 Å². The van der Waals surface area contributed by atoms with Crippen molar-refractivity contribution in [3.8, 4) is 0 Å². The van der Waals surface area contributed by atoms with Crippen LogP contribution < -0.4 is 4.90 Å². The molecule has 2 saturated heterocycles. The molecule has 0 N–H and O–H groups in total. The Kier molecular flexibility index (Phi) is 4.43. The molecule has 138 valence electrons. The lowest BCUT2D eigenvalue weighted by molar-refractivity contribution is 0.0530. The first kappa shape index (κ1) is 17.1. The largest absolute Gasteiger partial charge is 0.378 e. The van der Waals surface area contributed by atoms with E-state index in [1.54, 1.807) is 11.2 Å². The van der Waals surface area contributed by atoms with E-state index in [9.17, 15) is 8.42 Å². The topological polar surface area (TPSA) is 84.9 Å². The molecule has 25 heavy (non-hydrogen) atoms. The van der Waals surface area contributed by atoms with Gasteiger partial charge in [0.15, 0.2) is 0 Å². The van der Waals surface area contributed by atoms with Crippen molar-refractivity contribution in [3.05, 3.63) is 17.5 Å². The summed E-state index contributed by atoms with van der Waals surface area (Å²) in [6.45, 7) is 6.55. The Morgan fingerprint density at radius 2 is 2.04 bits per heavy atom. The first-order valence-corrected chi connectivity index (χ1v) is 10.4. The molecule has 1 unspecified atom stereocenters. The zero-order chi connectivity index (χ0) is 17.5. The maximum Gasteiger partial charge on any atom is 0.225 e. The van der Waals surface area contributed by atoms with E-state index in [4.69, 9.17) is 14.5 Å². The summed E-state index contributed by atoms with van der Waals surface area (Å²) >= 11 is 0. The molecular weight excluding hydrogens is 344 g/mol. The van der Waals surface area contributed by atoms with Gasteiger partial charge < -0.3 is 14.4 Å². The lowest BCUT2D eigenvalue weighted by Gasteiger charge is -2.35. The molecule has 9 heteroatoms. The number of anilines is 1. The highest BCUT2D eigenvalue weighted by Crippen LogP contribution is 2.40.